The van der Waals surface area contributed by atoms with Crippen LogP contribution in [-0.2, 0) is 9.59 Å². The first kappa shape index (κ1) is 14.9. The van der Waals surface area contributed by atoms with Gasteiger partial charge in [-0.25, -0.2) is 0 Å². The van der Waals surface area contributed by atoms with Crippen LogP contribution in [0.5, 0.6) is 0 Å². The third-order valence-corrected chi connectivity index (χ3v) is 2.28. The van der Waals surface area contributed by atoms with E-state index in [9.17, 15) is 9.59 Å². The minimum Gasteiger partial charge on any atom is -0.353 e. The highest BCUT2D eigenvalue weighted by Gasteiger charge is 1.98. The summed E-state index contributed by atoms with van der Waals surface area (Å²) in [4.78, 5) is 21.9. The minimum atomic E-state index is 0.00816. The van der Waals surface area contributed by atoms with Crippen LogP contribution in [0.15, 0.2) is 12.2 Å². The predicted octanol–water partition coefficient (Wildman–Crippen LogP) is 2.61. The summed E-state index contributed by atoms with van der Waals surface area (Å²) >= 11 is 0. The Morgan fingerprint density at radius 1 is 1.12 bits per heavy atom. The van der Waals surface area contributed by atoms with Gasteiger partial charge < -0.3 is 5.32 Å². The van der Waals surface area contributed by atoms with Gasteiger partial charge in [-0.1, -0.05) is 38.7 Å². The van der Waals surface area contributed by atoms with Crippen molar-refractivity contribution in [1.29, 1.82) is 0 Å². The van der Waals surface area contributed by atoms with Crippen molar-refractivity contribution in [3.05, 3.63) is 12.2 Å². The van der Waals surface area contributed by atoms with Crippen LogP contribution >= 0.6 is 0 Å². The Labute approximate surface area is 98.3 Å². The average molecular weight is 225 g/mol. The van der Waals surface area contributed by atoms with E-state index in [2.05, 4.69) is 12.2 Å². The maximum Gasteiger partial charge on any atom is 0.220 e. The smallest absolute Gasteiger partial charge is 0.220 e. The summed E-state index contributed by atoms with van der Waals surface area (Å²) in [6, 6.07) is 0. The van der Waals surface area contributed by atoms with E-state index in [4.69, 9.17) is 0 Å². The molecule has 0 atom stereocenters. The van der Waals surface area contributed by atoms with Crippen LogP contribution in [-0.4, -0.2) is 18.2 Å². The lowest BCUT2D eigenvalue weighted by molar-refractivity contribution is -0.121. The van der Waals surface area contributed by atoms with Crippen molar-refractivity contribution >= 4 is 11.7 Å². The number of carbonyl (C=O) groups excluding carboxylic acids is 2. The number of ketones is 1. The van der Waals surface area contributed by atoms with Crippen LogP contribution in [0.4, 0.5) is 0 Å². The number of rotatable bonds is 9. The second-order valence-electron chi connectivity index (χ2n) is 3.98. The predicted molar refractivity (Wildman–Crippen MR) is 66.2 cm³/mol. The monoisotopic (exact) mass is 225 g/mol. The van der Waals surface area contributed by atoms with Gasteiger partial charge in [0.05, 0.1) is 0 Å². The van der Waals surface area contributed by atoms with Crippen molar-refractivity contribution in [2.45, 2.75) is 52.4 Å². The summed E-state index contributed by atoms with van der Waals surface area (Å²) in [5, 5.41) is 2.75. The summed E-state index contributed by atoms with van der Waals surface area (Å²) < 4.78 is 0. The molecule has 0 rings (SSSR count). The molecule has 0 unspecified atom stereocenters. The molecule has 1 N–H and O–H groups in total. The number of nitrogens with one attached hydrogen (secondary N) is 1. The molecule has 1 amide bonds. The molecule has 3 nitrogen and oxygen atoms in total. The van der Waals surface area contributed by atoms with Gasteiger partial charge in [0.15, 0.2) is 5.78 Å². The van der Waals surface area contributed by atoms with Crippen molar-refractivity contribution in [1.82, 2.24) is 5.32 Å². The Bertz CT molecular complexity index is 234. The molecular formula is C13H23NO2. The quantitative estimate of drug-likeness (QED) is 0.484. The van der Waals surface area contributed by atoms with Crippen LogP contribution < -0.4 is 5.32 Å². The molecule has 0 saturated carbocycles. The molecule has 0 aliphatic carbocycles. The highest BCUT2D eigenvalue weighted by atomic mass is 16.1. The van der Waals surface area contributed by atoms with E-state index >= 15 is 0 Å². The molecule has 0 aromatic rings. The van der Waals surface area contributed by atoms with Crippen molar-refractivity contribution < 1.29 is 9.59 Å². The van der Waals surface area contributed by atoms with Crippen molar-refractivity contribution in [3.63, 3.8) is 0 Å². The van der Waals surface area contributed by atoms with Crippen molar-refractivity contribution in [2.24, 2.45) is 0 Å². The third kappa shape index (κ3) is 11.0. The van der Waals surface area contributed by atoms with Gasteiger partial charge in [-0.05, 0) is 19.4 Å². The zero-order chi connectivity index (χ0) is 12.2. The van der Waals surface area contributed by atoms with E-state index in [1.807, 2.05) is 0 Å². The van der Waals surface area contributed by atoms with Gasteiger partial charge in [0.25, 0.3) is 0 Å². The van der Waals surface area contributed by atoms with Gasteiger partial charge in [-0.3, -0.25) is 9.59 Å². The number of amides is 1. The molecule has 0 aromatic heterocycles. The number of hydrogen-bond donors (Lipinski definition) is 1. The SMILES string of the molecule is CCCCCCCC(=O)NC/C=C\C(C)=O. The van der Waals surface area contributed by atoms with Gasteiger partial charge in [-0.2, -0.15) is 0 Å². The molecular weight excluding hydrogens is 202 g/mol. The zero-order valence-corrected chi connectivity index (χ0v) is 10.4. The molecule has 0 bridgehead atoms. The van der Waals surface area contributed by atoms with Gasteiger partial charge in [0, 0.05) is 13.0 Å². The Kier molecular flexibility index (Phi) is 9.67. The molecule has 0 aromatic carbocycles. The zero-order valence-electron chi connectivity index (χ0n) is 10.4. The molecule has 3 heteroatoms. The second kappa shape index (κ2) is 10.4. The first-order valence-electron chi connectivity index (χ1n) is 6.10. The van der Waals surface area contributed by atoms with Crippen LogP contribution in [0.2, 0.25) is 0 Å². The van der Waals surface area contributed by atoms with E-state index < -0.39 is 0 Å². The lowest BCUT2D eigenvalue weighted by Crippen LogP contribution is -2.22. The van der Waals surface area contributed by atoms with Crippen LogP contribution in [0.25, 0.3) is 0 Å². The maximum atomic E-state index is 11.3. The van der Waals surface area contributed by atoms with Gasteiger partial charge in [0.1, 0.15) is 0 Å². The molecule has 0 aliphatic rings. The lowest BCUT2D eigenvalue weighted by atomic mass is 10.1. The molecule has 92 valence electrons. The standard InChI is InChI=1S/C13H23NO2/c1-3-4-5-6-7-10-13(16)14-11-8-9-12(2)15/h8-9H,3-7,10-11H2,1-2H3,(H,14,16)/b9-8-. The van der Waals surface area contributed by atoms with Gasteiger partial charge in [-0.15, -0.1) is 0 Å². The maximum absolute atomic E-state index is 11.3. The first-order chi connectivity index (χ1) is 7.66. The van der Waals surface area contributed by atoms with E-state index in [1.54, 1.807) is 6.08 Å². The Morgan fingerprint density at radius 2 is 1.81 bits per heavy atom. The molecule has 16 heavy (non-hydrogen) atoms. The number of allylic oxidation sites excluding steroid dienone is 1. The van der Waals surface area contributed by atoms with Crippen molar-refractivity contribution in [3.8, 4) is 0 Å². The molecule has 0 heterocycles. The molecule has 0 spiro atoms. The fraction of sp³-hybridized carbons (Fsp3) is 0.692. The van der Waals surface area contributed by atoms with E-state index in [0.717, 1.165) is 12.8 Å². The minimum absolute atomic E-state index is 0.00816. The lowest BCUT2D eigenvalue weighted by Gasteiger charge is -2.01. The second-order valence-corrected chi connectivity index (χ2v) is 3.98. The fourth-order valence-electron chi connectivity index (χ4n) is 1.38. The normalized spacial score (nSPS) is 10.6. The van der Waals surface area contributed by atoms with Crippen molar-refractivity contribution in [2.75, 3.05) is 6.54 Å². The largest absolute Gasteiger partial charge is 0.353 e. The molecule has 0 fully saturated rings. The summed E-state index contributed by atoms with van der Waals surface area (Å²) in [6.07, 6.45) is 9.53. The van der Waals surface area contributed by atoms with E-state index in [1.165, 1.54) is 32.3 Å². The topological polar surface area (TPSA) is 46.2 Å². The van der Waals surface area contributed by atoms with Gasteiger partial charge >= 0.3 is 0 Å². The average Bonchev–Trinajstić information content (AvgIpc) is 2.24. The summed E-state index contributed by atoms with van der Waals surface area (Å²) in [7, 11) is 0. The van der Waals surface area contributed by atoms with E-state index in [-0.39, 0.29) is 11.7 Å². The Balaban J connectivity index is 3.34. The highest BCUT2D eigenvalue weighted by Crippen LogP contribution is 2.04. The summed E-state index contributed by atoms with van der Waals surface area (Å²) in [5.74, 6) is 0.0820. The fourth-order valence-corrected chi connectivity index (χ4v) is 1.38. The molecule has 0 aliphatic heterocycles. The number of unbranched alkanes of at least 4 members (excludes halogenated alkanes) is 4. The van der Waals surface area contributed by atoms with Crippen LogP contribution in [0.3, 0.4) is 0 Å². The number of hydrogen-bond acceptors (Lipinski definition) is 2. The van der Waals surface area contributed by atoms with Crippen LogP contribution in [0, 0.1) is 0 Å². The van der Waals surface area contributed by atoms with E-state index in [0.29, 0.717) is 13.0 Å². The Hall–Kier alpha value is -1.12. The first-order valence-corrected chi connectivity index (χ1v) is 6.10. The third-order valence-electron chi connectivity index (χ3n) is 2.28. The summed E-state index contributed by atoms with van der Waals surface area (Å²) in [6.45, 7) is 4.12. The molecule has 0 saturated heterocycles. The molecule has 0 radical (unpaired) electrons. The summed E-state index contributed by atoms with van der Waals surface area (Å²) in [5.41, 5.74) is 0. The Morgan fingerprint density at radius 3 is 2.44 bits per heavy atom. The highest BCUT2D eigenvalue weighted by molar-refractivity contribution is 5.87. The van der Waals surface area contributed by atoms with Gasteiger partial charge in [0.2, 0.25) is 5.91 Å². The number of carbonyl (C=O) groups is 2. The van der Waals surface area contributed by atoms with Crippen LogP contribution in [0.1, 0.15) is 52.4 Å².